The van der Waals surface area contributed by atoms with E-state index >= 15 is 0 Å². The van der Waals surface area contributed by atoms with Crippen LogP contribution in [-0.4, -0.2) is 14.3 Å². The molecule has 3 aromatic carbocycles. The Morgan fingerprint density at radius 2 is 1.57 bits per heavy atom. The number of amides is 1. The Kier molecular flexibility index (Phi) is 5.43. The van der Waals surface area contributed by atoms with Crippen molar-refractivity contribution in [2.45, 2.75) is 11.8 Å². The molecule has 3 aromatic rings. The van der Waals surface area contributed by atoms with Gasteiger partial charge < -0.3 is 5.32 Å². The van der Waals surface area contributed by atoms with Gasteiger partial charge in [0.25, 0.3) is 15.9 Å². The van der Waals surface area contributed by atoms with Gasteiger partial charge in [0.05, 0.1) is 16.5 Å². The molecule has 0 atom stereocenters. The Balaban J connectivity index is 1.79. The molecule has 0 aromatic heterocycles. The number of hydrogen-bond donors (Lipinski definition) is 2. The molecule has 6 nitrogen and oxygen atoms in total. The van der Waals surface area contributed by atoms with Crippen LogP contribution in [0.4, 0.5) is 11.4 Å². The van der Waals surface area contributed by atoms with Gasteiger partial charge in [0.15, 0.2) is 0 Å². The number of nitrogens with one attached hydrogen (secondary N) is 2. The predicted octanol–water partition coefficient (Wildman–Crippen LogP) is 3.92. The van der Waals surface area contributed by atoms with Crippen LogP contribution in [0.25, 0.3) is 0 Å². The van der Waals surface area contributed by atoms with Crippen LogP contribution >= 0.6 is 0 Å². The highest BCUT2D eigenvalue weighted by molar-refractivity contribution is 7.92. The summed E-state index contributed by atoms with van der Waals surface area (Å²) in [6, 6.07) is 21.1. The maximum absolute atomic E-state index is 12.6. The van der Waals surface area contributed by atoms with E-state index in [2.05, 4.69) is 10.0 Å². The zero-order chi connectivity index (χ0) is 20.1. The van der Waals surface area contributed by atoms with Crippen molar-refractivity contribution in [3.63, 3.8) is 0 Å². The summed E-state index contributed by atoms with van der Waals surface area (Å²) in [7, 11) is -3.83. The lowest BCUT2D eigenvalue weighted by Crippen LogP contribution is -2.16. The first-order valence-electron chi connectivity index (χ1n) is 8.38. The molecule has 0 radical (unpaired) electrons. The fourth-order valence-corrected chi connectivity index (χ4v) is 3.58. The second-order valence-corrected chi connectivity index (χ2v) is 7.83. The molecule has 0 unspecified atom stereocenters. The third-order valence-corrected chi connectivity index (χ3v) is 5.36. The molecule has 3 rings (SSSR count). The summed E-state index contributed by atoms with van der Waals surface area (Å²) in [6.07, 6.45) is 0. The van der Waals surface area contributed by atoms with E-state index in [1.54, 1.807) is 48.5 Å². The lowest BCUT2D eigenvalue weighted by atomic mass is 10.2. The van der Waals surface area contributed by atoms with Crippen molar-refractivity contribution in [3.05, 3.63) is 89.5 Å². The molecule has 0 spiro atoms. The van der Waals surface area contributed by atoms with E-state index in [-0.39, 0.29) is 10.5 Å². The third-order valence-electron chi connectivity index (χ3n) is 3.98. The van der Waals surface area contributed by atoms with Gasteiger partial charge in [0.1, 0.15) is 0 Å². The smallest absolute Gasteiger partial charge is 0.261 e. The van der Waals surface area contributed by atoms with Crippen LogP contribution in [0.3, 0.4) is 0 Å². The van der Waals surface area contributed by atoms with Crippen LogP contribution in [-0.2, 0) is 10.0 Å². The Morgan fingerprint density at radius 1 is 0.929 bits per heavy atom. The highest BCUT2D eigenvalue weighted by Gasteiger charge is 2.16. The summed E-state index contributed by atoms with van der Waals surface area (Å²) >= 11 is 0. The summed E-state index contributed by atoms with van der Waals surface area (Å²) in [6.45, 7) is 1.91. The van der Waals surface area contributed by atoms with Crippen molar-refractivity contribution in [1.82, 2.24) is 0 Å². The van der Waals surface area contributed by atoms with Gasteiger partial charge in [-0.1, -0.05) is 23.8 Å². The number of anilines is 2. The molecule has 7 heteroatoms. The lowest BCUT2D eigenvalue weighted by Gasteiger charge is -2.10. The van der Waals surface area contributed by atoms with Crippen molar-refractivity contribution in [2.75, 3.05) is 10.0 Å². The molecule has 2 N–H and O–H groups in total. The average Bonchev–Trinajstić information content (AvgIpc) is 2.70. The first kappa shape index (κ1) is 19.1. The van der Waals surface area contributed by atoms with Gasteiger partial charge in [-0.25, -0.2) is 8.42 Å². The standard InChI is InChI=1S/C21H17N3O3S/c1-15-5-9-19(10-6-15)24-28(26,27)20-4-2-3-17(13-20)21(25)23-18-11-7-16(14-22)8-12-18/h2-13,24H,1H3,(H,23,25). The van der Waals surface area contributed by atoms with E-state index in [0.29, 0.717) is 16.9 Å². The van der Waals surface area contributed by atoms with Gasteiger partial charge in [-0.2, -0.15) is 5.26 Å². The fourth-order valence-electron chi connectivity index (χ4n) is 2.47. The van der Waals surface area contributed by atoms with Crippen LogP contribution in [0.5, 0.6) is 0 Å². The summed E-state index contributed by atoms with van der Waals surface area (Å²) in [5, 5.41) is 11.5. The van der Waals surface area contributed by atoms with Crippen molar-refractivity contribution in [2.24, 2.45) is 0 Å². The van der Waals surface area contributed by atoms with Crippen LogP contribution < -0.4 is 10.0 Å². The zero-order valence-corrected chi connectivity index (χ0v) is 15.8. The second-order valence-electron chi connectivity index (χ2n) is 6.14. The van der Waals surface area contributed by atoms with Crippen molar-refractivity contribution in [1.29, 1.82) is 5.26 Å². The molecule has 0 heterocycles. The molecular weight excluding hydrogens is 374 g/mol. The zero-order valence-electron chi connectivity index (χ0n) is 15.0. The van der Waals surface area contributed by atoms with E-state index < -0.39 is 15.9 Å². The molecule has 0 aliphatic carbocycles. The summed E-state index contributed by atoms with van der Waals surface area (Å²) in [5.41, 5.74) is 2.65. The van der Waals surface area contributed by atoms with Gasteiger partial charge in [0.2, 0.25) is 0 Å². The predicted molar refractivity (Wildman–Crippen MR) is 108 cm³/mol. The molecule has 28 heavy (non-hydrogen) atoms. The molecule has 0 saturated heterocycles. The monoisotopic (exact) mass is 391 g/mol. The Labute approximate surface area is 163 Å². The number of rotatable bonds is 5. The highest BCUT2D eigenvalue weighted by atomic mass is 32.2. The van der Waals surface area contributed by atoms with E-state index in [4.69, 9.17) is 5.26 Å². The number of sulfonamides is 1. The van der Waals surface area contributed by atoms with Crippen molar-refractivity contribution < 1.29 is 13.2 Å². The number of benzene rings is 3. The first-order valence-corrected chi connectivity index (χ1v) is 9.87. The summed E-state index contributed by atoms with van der Waals surface area (Å²) in [4.78, 5) is 12.4. The maximum Gasteiger partial charge on any atom is 0.261 e. The van der Waals surface area contributed by atoms with Gasteiger partial charge in [-0.15, -0.1) is 0 Å². The van der Waals surface area contributed by atoms with Gasteiger partial charge in [-0.05, 0) is 61.5 Å². The van der Waals surface area contributed by atoms with E-state index in [1.807, 2.05) is 13.0 Å². The third kappa shape index (κ3) is 4.55. The minimum atomic E-state index is -3.83. The van der Waals surface area contributed by atoms with E-state index in [9.17, 15) is 13.2 Å². The summed E-state index contributed by atoms with van der Waals surface area (Å²) in [5.74, 6) is -0.447. The van der Waals surface area contributed by atoms with Crippen LogP contribution in [0.2, 0.25) is 0 Å². The highest BCUT2D eigenvalue weighted by Crippen LogP contribution is 2.18. The Morgan fingerprint density at radius 3 is 2.21 bits per heavy atom. The normalized spacial score (nSPS) is 10.7. The minimum Gasteiger partial charge on any atom is -0.322 e. The molecule has 1 amide bonds. The van der Waals surface area contributed by atoms with Gasteiger partial charge >= 0.3 is 0 Å². The van der Waals surface area contributed by atoms with Gasteiger partial charge in [0, 0.05) is 16.9 Å². The number of nitriles is 1. The SMILES string of the molecule is Cc1ccc(NS(=O)(=O)c2cccc(C(=O)Nc3ccc(C#N)cc3)c2)cc1. The van der Waals surface area contributed by atoms with Crippen LogP contribution in [0, 0.1) is 18.3 Å². The molecule has 0 aliphatic rings. The quantitative estimate of drug-likeness (QED) is 0.688. The molecule has 140 valence electrons. The van der Waals surface area contributed by atoms with Crippen molar-refractivity contribution >= 4 is 27.3 Å². The Bertz CT molecular complexity index is 1150. The minimum absolute atomic E-state index is 0.0134. The fraction of sp³-hybridized carbons (Fsp3) is 0.0476. The molecule has 0 fully saturated rings. The van der Waals surface area contributed by atoms with E-state index in [0.717, 1.165) is 5.56 Å². The Hall–Kier alpha value is -3.63. The van der Waals surface area contributed by atoms with Crippen molar-refractivity contribution in [3.8, 4) is 6.07 Å². The molecule has 0 aliphatic heterocycles. The largest absolute Gasteiger partial charge is 0.322 e. The maximum atomic E-state index is 12.6. The number of aryl methyl sites for hydroxylation is 1. The molecular formula is C21H17N3O3S. The van der Waals surface area contributed by atoms with Crippen LogP contribution in [0.15, 0.2) is 77.7 Å². The lowest BCUT2D eigenvalue weighted by molar-refractivity contribution is 0.102. The summed E-state index contributed by atoms with van der Waals surface area (Å²) < 4.78 is 27.7. The second kappa shape index (κ2) is 7.94. The number of carbonyl (C=O) groups excluding carboxylic acids is 1. The number of hydrogen-bond acceptors (Lipinski definition) is 4. The molecule has 0 bridgehead atoms. The number of nitrogens with zero attached hydrogens (tertiary/aromatic N) is 1. The topological polar surface area (TPSA) is 99.1 Å². The van der Waals surface area contributed by atoms with E-state index in [1.165, 1.54) is 24.3 Å². The average molecular weight is 391 g/mol. The molecule has 0 saturated carbocycles. The first-order chi connectivity index (χ1) is 13.4. The van der Waals surface area contributed by atoms with Crippen LogP contribution in [0.1, 0.15) is 21.5 Å². The number of carbonyl (C=O) groups is 1. The van der Waals surface area contributed by atoms with Gasteiger partial charge in [-0.3, -0.25) is 9.52 Å².